The molecule has 0 aromatic heterocycles. The molecule has 3 rings (SSSR count). The Balaban J connectivity index is 1.74. The second-order valence-electron chi connectivity index (χ2n) is 7.23. The number of carbonyl (C=O) groups excluding carboxylic acids is 1. The lowest BCUT2D eigenvalue weighted by Crippen LogP contribution is -2.43. The van der Waals surface area contributed by atoms with Crippen LogP contribution in [0.5, 0.6) is 0 Å². The molecule has 1 heterocycles. The summed E-state index contributed by atoms with van der Waals surface area (Å²) >= 11 is 0. The number of hydrogen-bond acceptors (Lipinski definition) is 4. The average Bonchev–Trinajstić information content (AvgIpc) is 2.69. The predicted octanol–water partition coefficient (Wildman–Crippen LogP) is 2.86. The topological polar surface area (TPSA) is 44.8 Å². The molecule has 144 valence electrons. The van der Waals surface area contributed by atoms with Gasteiger partial charge in [-0.15, -0.1) is 0 Å². The number of amides is 1. The van der Waals surface area contributed by atoms with Crippen LogP contribution in [-0.2, 0) is 4.74 Å². The molecule has 0 aliphatic carbocycles. The third kappa shape index (κ3) is 5.08. The molecular weight excluding hydrogens is 338 g/mol. The van der Waals surface area contributed by atoms with Crippen LogP contribution in [0.4, 0.5) is 5.69 Å². The molecule has 1 aliphatic rings. The summed E-state index contributed by atoms with van der Waals surface area (Å²) in [7, 11) is 3.95. The number of benzene rings is 2. The van der Waals surface area contributed by atoms with Crippen molar-refractivity contribution < 1.29 is 9.53 Å². The molecule has 2 aromatic rings. The molecule has 1 atom stereocenters. The highest BCUT2D eigenvalue weighted by Crippen LogP contribution is 2.22. The van der Waals surface area contributed by atoms with E-state index < -0.39 is 0 Å². The SMILES string of the molecule is Cc1cccc(C(CNC(=O)c2cccc(N(C)C)c2)N2CCOCC2)c1. The molecule has 0 spiro atoms. The summed E-state index contributed by atoms with van der Waals surface area (Å²) in [5.41, 5.74) is 4.17. The van der Waals surface area contributed by atoms with E-state index in [4.69, 9.17) is 4.74 Å². The first-order valence-electron chi connectivity index (χ1n) is 9.48. The van der Waals surface area contributed by atoms with Crippen LogP contribution in [0.1, 0.15) is 27.5 Å². The molecule has 1 N–H and O–H groups in total. The summed E-state index contributed by atoms with van der Waals surface area (Å²) in [5, 5.41) is 3.14. The highest BCUT2D eigenvalue weighted by molar-refractivity contribution is 5.95. The van der Waals surface area contributed by atoms with Gasteiger partial charge >= 0.3 is 0 Å². The second-order valence-corrected chi connectivity index (χ2v) is 7.23. The van der Waals surface area contributed by atoms with E-state index in [1.54, 1.807) is 0 Å². The molecule has 0 bridgehead atoms. The lowest BCUT2D eigenvalue weighted by molar-refractivity contribution is 0.0162. The Hall–Kier alpha value is -2.37. The fraction of sp³-hybridized carbons (Fsp3) is 0.409. The zero-order valence-corrected chi connectivity index (χ0v) is 16.4. The highest BCUT2D eigenvalue weighted by Gasteiger charge is 2.23. The Morgan fingerprint density at radius 3 is 2.59 bits per heavy atom. The maximum Gasteiger partial charge on any atom is 0.251 e. The summed E-state index contributed by atoms with van der Waals surface area (Å²) in [4.78, 5) is 17.1. The maximum atomic E-state index is 12.7. The molecule has 5 heteroatoms. The number of rotatable bonds is 6. The molecule has 5 nitrogen and oxygen atoms in total. The van der Waals surface area contributed by atoms with Gasteiger partial charge in [-0.2, -0.15) is 0 Å². The van der Waals surface area contributed by atoms with E-state index in [1.165, 1.54) is 11.1 Å². The highest BCUT2D eigenvalue weighted by atomic mass is 16.5. The third-order valence-corrected chi connectivity index (χ3v) is 4.99. The van der Waals surface area contributed by atoms with Crippen LogP contribution in [0, 0.1) is 6.92 Å². The zero-order valence-electron chi connectivity index (χ0n) is 16.4. The number of ether oxygens (including phenoxy) is 1. The number of morpholine rings is 1. The summed E-state index contributed by atoms with van der Waals surface area (Å²) in [6.07, 6.45) is 0. The van der Waals surface area contributed by atoms with Crippen LogP contribution < -0.4 is 10.2 Å². The molecule has 27 heavy (non-hydrogen) atoms. The van der Waals surface area contributed by atoms with Gasteiger partial charge < -0.3 is 15.0 Å². The maximum absolute atomic E-state index is 12.7. The van der Waals surface area contributed by atoms with Gasteiger partial charge in [0, 0.05) is 45.0 Å². The molecule has 1 unspecified atom stereocenters. The number of aryl methyl sites for hydroxylation is 1. The van der Waals surface area contributed by atoms with Crippen molar-refractivity contribution >= 4 is 11.6 Å². The third-order valence-electron chi connectivity index (χ3n) is 4.99. The summed E-state index contributed by atoms with van der Waals surface area (Å²) in [6, 6.07) is 16.4. The lowest BCUT2D eigenvalue weighted by Gasteiger charge is -2.35. The normalized spacial score (nSPS) is 16.0. The number of nitrogens with zero attached hydrogens (tertiary/aromatic N) is 2. The summed E-state index contributed by atoms with van der Waals surface area (Å²) < 4.78 is 5.51. The van der Waals surface area contributed by atoms with Crippen LogP contribution in [0.3, 0.4) is 0 Å². The average molecular weight is 367 g/mol. The number of anilines is 1. The van der Waals surface area contributed by atoms with Crippen molar-refractivity contribution in [2.24, 2.45) is 0 Å². The van der Waals surface area contributed by atoms with Crippen LogP contribution in [-0.4, -0.2) is 57.8 Å². The van der Waals surface area contributed by atoms with Crippen LogP contribution >= 0.6 is 0 Å². The van der Waals surface area contributed by atoms with Crippen molar-refractivity contribution in [2.45, 2.75) is 13.0 Å². The van der Waals surface area contributed by atoms with Crippen LogP contribution in [0.25, 0.3) is 0 Å². The second kappa shape index (κ2) is 9.02. The fourth-order valence-electron chi connectivity index (χ4n) is 3.44. The Morgan fingerprint density at radius 1 is 1.15 bits per heavy atom. The van der Waals surface area contributed by atoms with E-state index in [2.05, 4.69) is 41.4 Å². The van der Waals surface area contributed by atoms with Gasteiger partial charge in [-0.05, 0) is 30.7 Å². The minimum absolute atomic E-state index is 0.0374. The molecule has 0 radical (unpaired) electrons. The van der Waals surface area contributed by atoms with Crippen molar-refractivity contribution in [1.82, 2.24) is 10.2 Å². The molecule has 0 saturated carbocycles. The number of nitrogens with one attached hydrogen (secondary N) is 1. The van der Waals surface area contributed by atoms with Gasteiger partial charge in [0.1, 0.15) is 0 Å². The lowest BCUT2D eigenvalue weighted by atomic mass is 10.0. The van der Waals surface area contributed by atoms with Crippen LogP contribution in [0.2, 0.25) is 0 Å². The van der Waals surface area contributed by atoms with Crippen LogP contribution in [0.15, 0.2) is 48.5 Å². The van der Waals surface area contributed by atoms with Gasteiger partial charge in [0.2, 0.25) is 0 Å². The van der Waals surface area contributed by atoms with Gasteiger partial charge in [-0.25, -0.2) is 0 Å². The van der Waals surface area contributed by atoms with Gasteiger partial charge in [0.15, 0.2) is 0 Å². The Bertz CT molecular complexity index is 770. The fourth-order valence-corrected chi connectivity index (χ4v) is 3.44. The van der Waals surface area contributed by atoms with Crippen molar-refractivity contribution in [1.29, 1.82) is 0 Å². The van der Waals surface area contributed by atoms with E-state index in [9.17, 15) is 4.79 Å². The summed E-state index contributed by atoms with van der Waals surface area (Å²) in [5.74, 6) is -0.0374. The van der Waals surface area contributed by atoms with Crippen molar-refractivity contribution in [2.75, 3.05) is 51.8 Å². The molecular formula is C22H29N3O2. The molecule has 1 aliphatic heterocycles. The van der Waals surface area contributed by atoms with Crippen molar-refractivity contribution in [3.8, 4) is 0 Å². The zero-order chi connectivity index (χ0) is 19.2. The van der Waals surface area contributed by atoms with Gasteiger partial charge in [0.05, 0.1) is 19.3 Å². The summed E-state index contributed by atoms with van der Waals surface area (Å²) in [6.45, 7) is 5.91. The van der Waals surface area contributed by atoms with E-state index in [0.29, 0.717) is 12.1 Å². The first-order chi connectivity index (χ1) is 13.0. The number of carbonyl (C=O) groups is 1. The van der Waals surface area contributed by atoms with E-state index >= 15 is 0 Å². The number of hydrogen-bond donors (Lipinski definition) is 1. The first-order valence-corrected chi connectivity index (χ1v) is 9.48. The molecule has 1 fully saturated rings. The largest absolute Gasteiger partial charge is 0.379 e. The van der Waals surface area contributed by atoms with Gasteiger partial charge in [-0.1, -0.05) is 35.9 Å². The predicted molar refractivity (Wildman–Crippen MR) is 109 cm³/mol. The Kier molecular flexibility index (Phi) is 6.48. The smallest absolute Gasteiger partial charge is 0.251 e. The van der Waals surface area contributed by atoms with E-state index in [0.717, 1.165) is 32.0 Å². The van der Waals surface area contributed by atoms with E-state index in [-0.39, 0.29) is 11.9 Å². The Morgan fingerprint density at radius 2 is 1.89 bits per heavy atom. The van der Waals surface area contributed by atoms with Crippen molar-refractivity contribution in [3.63, 3.8) is 0 Å². The quantitative estimate of drug-likeness (QED) is 0.853. The van der Waals surface area contributed by atoms with E-state index in [1.807, 2.05) is 43.3 Å². The van der Waals surface area contributed by atoms with Gasteiger partial charge in [-0.3, -0.25) is 9.69 Å². The standard InChI is InChI=1S/C22H29N3O2/c1-17-6-4-7-18(14-17)21(25-10-12-27-13-11-25)16-23-22(26)19-8-5-9-20(15-19)24(2)3/h4-9,14-15,21H,10-13,16H2,1-3H3,(H,23,26). The Labute approximate surface area is 161 Å². The van der Waals surface area contributed by atoms with Gasteiger partial charge in [0.25, 0.3) is 5.91 Å². The van der Waals surface area contributed by atoms with Crippen molar-refractivity contribution in [3.05, 3.63) is 65.2 Å². The minimum atomic E-state index is -0.0374. The molecule has 1 amide bonds. The monoisotopic (exact) mass is 367 g/mol. The molecule has 1 saturated heterocycles. The first kappa shape index (κ1) is 19.4. The minimum Gasteiger partial charge on any atom is -0.379 e. The molecule has 2 aromatic carbocycles.